The van der Waals surface area contributed by atoms with Crippen LogP contribution in [0.2, 0.25) is 0 Å². The van der Waals surface area contributed by atoms with E-state index >= 15 is 0 Å². The van der Waals surface area contributed by atoms with E-state index in [1.54, 1.807) is 12.3 Å². The molecule has 0 spiro atoms. The van der Waals surface area contributed by atoms with E-state index in [1.165, 1.54) is 6.33 Å². The van der Waals surface area contributed by atoms with Gasteiger partial charge in [0, 0.05) is 60.0 Å². The number of aromatic nitrogens is 4. The van der Waals surface area contributed by atoms with Gasteiger partial charge in [-0.25, -0.2) is 19.7 Å². The first-order chi connectivity index (χ1) is 18.1. The largest absolute Gasteiger partial charge is 0.462 e. The fourth-order valence-electron chi connectivity index (χ4n) is 4.04. The normalized spacial score (nSPS) is 14.3. The van der Waals surface area contributed by atoms with Crippen molar-refractivity contribution in [2.45, 2.75) is 6.42 Å². The number of fused-ring (bicyclic) bond motifs is 2. The Bertz CT molecular complexity index is 1430. The van der Waals surface area contributed by atoms with Crippen LogP contribution in [0.5, 0.6) is 0 Å². The van der Waals surface area contributed by atoms with Gasteiger partial charge in [0.25, 0.3) is 0 Å². The van der Waals surface area contributed by atoms with Crippen LogP contribution < -0.4 is 10.6 Å². The standard InChI is InChI=1S/C26H27N7O4/c34-24(4-5-25(35)37-11-1-8-33-9-12-36-13-10-33)32-23-15-20-22(16-28-23)29-17-30-26(20)31-19-2-3-21-18(14-19)6-7-27-21/h2-7,14-17,27H,1,8-13H2,(H,28,32,34)(H,29,30,31)/b5-4+. The zero-order valence-electron chi connectivity index (χ0n) is 20.1. The summed E-state index contributed by atoms with van der Waals surface area (Å²) in [5, 5.41) is 7.72. The average molecular weight is 502 g/mol. The number of carbonyl (C=O) groups excluding carboxylic acids is 2. The lowest BCUT2D eigenvalue weighted by Crippen LogP contribution is -2.37. The lowest BCUT2D eigenvalue weighted by atomic mass is 10.2. The van der Waals surface area contributed by atoms with E-state index in [2.05, 4.69) is 35.5 Å². The van der Waals surface area contributed by atoms with Crippen LogP contribution in [0.25, 0.3) is 21.8 Å². The Hall–Kier alpha value is -4.35. The van der Waals surface area contributed by atoms with Gasteiger partial charge < -0.3 is 25.1 Å². The van der Waals surface area contributed by atoms with Gasteiger partial charge in [-0.05, 0) is 36.8 Å². The molecule has 1 fully saturated rings. The molecule has 1 amide bonds. The first-order valence-corrected chi connectivity index (χ1v) is 12.0. The van der Waals surface area contributed by atoms with E-state index in [9.17, 15) is 9.59 Å². The maximum absolute atomic E-state index is 12.4. The highest BCUT2D eigenvalue weighted by Gasteiger charge is 2.11. The van der Waals surface area contributed by atoms with E-state index in [0.717, 1.165) is 68.0 Å². The molecule has 1 aliphatic heterocycles. The second-order valence-corrected chi connectivity index (χ2v) is 8.51. The van der Waals surface area contributed by atoms with E-state index in [0.29, 0.717) is 29.1 Å². The van der Waals surface area contributed by atoms with Gasteiger partial charge in [-0.1, -0.05) is 0 Å². The van der Waals surface area contributed by atoms with Crippen molar-refractivity contribution < 1.29 is 19.1 Å². The van der Waals surface area contributed by atoms with E-state index in [4.69, 9.17) is 9.47 Å². The lowest BCUT2D eigenvalue weighted by molar-refractivity contribution is -0.138. The number of ether oxygens (including phenoxy) is 2. The number of esters is 1. The van der Waals surface area contributed by atoms with E-state index < -0.39 is 11.9 Å². The van der Waals surface area contributed by atoms with E-state index in [-0.39, 0.29) is 0 Å². The van der Waals surface area contributed by atoms with Crippen molar-refractivity contribution in [3.8, 4) is 0 Å². The summed E-state index contributed by atoms with van der Waals surface area (Å²) < 4.78 is 10.5. The molecular weight excluding hydrogens is 474 g/mol. The van der Waals surface area contributed by atoms with Gasteiger partial charge in [0.15, 0.2) is 0 Å². The summed E-state index contributed by atoms with van der Waals surface area (Å²) in [6, 6.07) is 9.61. The summed E-state index contributed by atoms with van der Waals surface area (Å²) in [6.45, 7) is 4.39. The van der Waals surface area contributed by atoms with Crippen LogP contribution in [-0.2, 0) is 19.1 Å². The molecule has 37 heavy (non-hydrogen) atoms. The van der Waals surface area contributed by atoms with Gasteiger partial charge in [-0.3, -0.25) is 9.69 Å². The summed E-state index contributed by atoms with van der Waals surface area (Å²) >= 11 is 0. The Morgan fingerprint density at radius 2 is 2.00 bits per heavy atom. The van der Waals surface area contributed by atoms with Crippen molar-refractivity contribution in [2.75, 3.05) is 50.1 Å². The third-order valence-corrected chi connectivity index (χ3v) is 5.93. The molecular formula is C26H27N7O4. The number of nitrogens with zero attached hydrogens (tertiary/aromatic N) is 4. The molecule has 11 nitrogen and oxygen atoms in total. The van der Waals surface area contributed by atoms with Gasteiger partial charge in [0.2, 0.25) is 5.91 Å². The Kier molecular flexibility index (Phi) is 7.63. The molecule has 4 aromatic rings. The molecule has 0 unspecified atom stereocenters. The van der Waals surface area contributed by atoms with Crippen LogP contribution in [0.3, 0.4) is 0 Å². The predicted octanol–water partition coefficient (Wildman–Crippen LogP) is 3.01. The monoisotopic (exact) mass is 501 g/mol. The Morgan fingerprint density at radius 3 is 2.89 bits per heavy atom. The molecule has 0 atom stereocenters. The van der Waals surface area contributed by atoms with Crippen molar-refractivity contribution in [3.63, 3.8) is 0 Å². The van der Waals surface area contributed by atoms with Crippen molar-refractivity contribution in [1.82, 2.24) is 24.8 Å². The third kappa shape index (κ3) is 6.46. The molecule has 1 aliphatic rings. The number of anilines is 3. The fraction of sp³-hybridized carbons (Fsp3) is 0.269. The number of pyridine rings is 1. The highest BCUT2D eigenvalue weighted by atomic mass is 16.5. The van der Waals surface area contributed by atoms with Crippen LogP contribution in [0.4, 0.5) is 17.3 Å². The molecule has 0 aliphatic carbocycles. The van der Waals surface area contributed by atoms with Crippen LogP contribution in [-0.4, -0.2) is 76.2 Å². The summed E-state index contributed by atoms with van der Waals surface area (Å²) in [7, 11) is 0. The van der Waals surface area contributed by atoms with Crippen LogP contribution in [0.1, 0.15) is 6.42 Å². The highest BCUT2D eigenvalue weighted by molar-refractivity contribution is 6.03. The van der Waals surface area contributed by atoms with Gasteiger partial charge in [-0.15, -0.1) is 0 Å². The number of carbonyl (C=O) groups is 2. The predicted molar refractivity (Wildman–Crippen MR) is 140 cm³/mol. The molecule has 11 heteroatoms. The molecule has 1 saturated heterocycles. The second-order valence-electron chi connectivity index (χ2n) is 8.51. The minimum atomic E-state index is -0.567. The Balaban J connectivity index is 1.16. The van der Waals surface area contributed by atoms with Crippen molar-refractivity contribution >= 4 is 51.0 Å². The second kappa shape index (κ2) is 11.6. The maximum atomic E-state index is 12.4. The first-order valence-electron chi connectivity index (χ1n) is 12.0. The number of nitrogens with one attached hydrogen (secondary N) is 3. The van der Waals surface area contributed by atoms with Crippen molar-refractivity contribution in [3.05, 3.63) is 61.2 Å². The quantitative estimate of drug-likeness (QED) is 0.180. The number of hydrogen-bond acceptors (Lipinski definition) is 9. The highest BCUT2D eigenvalue weighted by Crippen LogP contribution is 2.26. The Labute approximate surface area is 212 Å². The van der Waals surface area contributed by atoms with Gasteiger partial charge in [0.1, 0.15) is 18.0 Å². The number of aromatic amines is 1. The fourth-order valence-corrected chi connectivity index (χ4v) is 4.04. The van der Waals surface area contributed by atoms with Crippen molar-refractivity contribution in [1.29, 1.82) is 0 Å². The molecule has 190 valence electrons. The number of morpholine rings is 1. The molecule has 4 heterocycles. The molecule has 3 N–H and O–H groups in total. The number of H-pyrrole nitrogens is 1. The van der Waals surface area contributed by atoms with Gasteiger partial charge in [0.05, 0.1) is 31.5 Å². The topological polar surface area (TPSA) is 134 Å². The SMILES string of the molecule is O=C(/C=C/C(=O)OCCCN1CCOCC1)Nc1cc2c(Nc3ccc4[nH]ccc4c3)ncnc2cn1. The smallest absolute Gasteiger partial charge is 0.330 e. The maximum Gasteiger partial charge on any atom is 0.330 e. The van der Waals surface area contributed by atoms with Crippen LogP contribution >= 0.6 is 0 Å². The minimum absolute atomic E-state index is 0.293. The third-order valence-electron chi connectivity index (χ3n) is 5.93. The van der Waals surface area contributed by atoms with Gasteiger partial charge in [-0.2, -0.15) is 0 Å². The molecule has 1 aromatic carbocycles. The molecule has 3 aromatic heterocycles. The number of hydrogen-bond donors (Lipinski definition) is 3. The summed E-state index contributed by atoms with van der Waals surface area (Å²) in [5.41, 5.74) is 2.52. The first kappa shape index (κ1) is 24.3. The summed E-state index contributed by atoms with van der Waals surface area (Å²) in [5.74, 6) is -0.182. The molecule has 0 bridgehead atoms. The zero-order chi connectivity index (χ0) is 25.5. The van der Waals surface area contributed by atoms with E-state index in [1.807, 2.05) is 30.5 Å². The average Bonchev–Trinajstić information content (AvgIpc) is 3.39. The number of rotatable bonds is 9. The summed E-state index contributed by atoms with van der Waals surface area (Å²) in [6.07, 6.45) is 7.86. The minimum Gasteiger partial charge on any atom is -0.462 e. The zero-order valence-corrected chi connectivity index (χ0v) is 20.1. The van der Waals surface area contributed by atoms with Crippen LogP contribution in [0.15, 0.2) is 61.2 Å². The molecule has 5 rings (SSSR count). The molecule has 0 saturated carbocycles. The molecule has 0 radical (unpaired) electrons. The lowest BCUT2D eigenvalue weighted by Gasteiger charge is -2.26. The Morgan fingerprint density at radius 1 is 1.11 bits per heavy atom. The van der Waals surface area contributed by atoms with Crippen molar-refractivity contribution in [2.24, 2.45) is 0 Å². The van der Waals surface area contributed by atoms with Crippen LogP contribution in [0, 0.1) is 0 Å². The summed E-state index contributed by atoms with van der Waals surface area (Å²) in [4.78, 5) is 42.6. The number of amides is 1. The number of benzene rings is 1. The van der Waals surface area contributed by atoms with Gasteiger partial charge >= 0.3 is 5.97 Å².